The number of rotatable bonds is 5. The molecule has 0 aliphatic carbocycles. The molecule has 1 saturated heterocycles. The number of carbonyl (C=O) groups excluding carboxylic acids is 1. The van der Waals surface area contributed by atoms with Gasteiger partial charge in [0.15, 0.2) is 11.5 Å². The van der Waals surface area contributed by atoms with Gasteiger partial charge in [0.2, 0.25) is 0 Å². The number of methoxy groups -OCH3 is 1. The van der Waals surface area contributed by atoms with E-state index >= 15 is 0 Å². The van der Waals surface area contributed by atoms with Gasteiger partial charge in [0.05, 0.1) is 18.4 Å². The first kappa shape index (κ1) is 23.9. The van der Waals surface area contributed by atoms with Crippen LogP contribution in [0.4, 0.5) is 10.5 Å². The average Bonchev–Trinajstić information content (AvgIpc) is 2.78. The van der Waals surface area contributed by atoms with E-state index in [1.165, 1.54) is 18.7 Å². The van der Waals surface area contributed by atoms with Crippen LogP contribution in [0, 0.1) is 28.6 Å². The first-order chi connectivity index (χ1) is 15.8. The fourth-order valence-electron chi connectivity index (χ4n) is 4.06. The molecule has 0 saturated carbocycles. The summed E-state index contributed by atoms with van der Waals surface area (Å²) in [5, 5.41) is 19.8. The SMILES string of the molecule is COc1cc(C#N)c(N2CCC(Cc3ccccc3)CC2)c(C#N)c1OC(=O)OC(C)(C)C. The minimum Gasteiger partial charge on any atom is -0.493 e. The minimum atomic E-state index is -0.936. The molecule has 3 rings (SSSR count). The molecule has 2 aromatic carbocycles. The molecule has 7 heteroatoms. The number of nitriles is 2. The van der Waals surface area contributed by atoms with E-state index in [0.29, 0.717) is 30.3 Å². The van der Waals surface area contributed by atoms with Crippen molar-refractivity contribution in [2.45, 2.75) is 45.6 Å². The van der Waals surface area contributed by atoms with Crippen LogP contribution >= 0.6 is 0 Å². The smallest absolute Gasteiger partial charge is 0.493 e. The van der Waals surface area contributed by atoms with Crippen LogP contribution in [0.5, 0.6) is 11.5 Å². The molecule has 1 aliphatic rings. The largest absolute Gasteiger partial charge is 0.514 e. The molecule has 172 valence electrons. The number of piperidine rings is 1. The van der Waals surface area contributed by atoms with Gasteiger partial charge >= 0.3 is 6.16 Å². The molecule has 1 fully saturated rings. The van der Waals surface area contributed by atoms with E-state index in [-0.39, 0.29) is 17.1 Å². The first-order valence-corrected chi connectivity index (χ1v) is 11.0. The summed E-state index contributed by atoms with van der Waals surface area (Å²) in [5.74, 6) is 0.627. The standard InChI is InChI=1S/C26H29N3O4/c1-26(2,3)33-25(30)32-24-21(17-28)23(20(16-27)15-22(24)31-4)29-12-10-19(11-13-29)14-18-8-6-5-7-9-18/h5-9,15,19H,10-14H2,1-4H3. The van der Waals surface area contributed by atoms with Crippen molar-refractivity contribution in [1.82, 2.24) is 0 Å². The number of benzene rings is 2. The third-order valence-corrected chi connectivity index (χ3v) is 5.54. The molecule has 0 radical (unpaired) electrons. The maximum Gasteiger partial charge on any atom is 0.514 e. The van der Waals surface area contributed by atoms with E-state index < -0.39 is 11.8 Å². The molecule has 1 aliphatic heterocycles. The quantitative estimate of drug-likeness (QED) is 0.458. The topological polar surface area (TPSA) is 95.6 Å². The van der Waals surface area contributed by atoms with Crippen LogP contribution in [0.1, 0.15) is 50.3 Å². The highest BCUT2D eigenvalue weighted by Crippen LogP contribution is 2.42. The van der Waals surface area contributed by atoms with Crippen molar-refractivity contribution in [2.75, 3.05) is 25.1 Å². The van der Waals surface area contributed by atoms with Crippen molar-refractivity contribution in [3.8, 4) is 23.6 Å². The summed E-state index contributed by atoms with van der Waals surface area (Å²) < 4.78 is 16.0. The molecule has 0 amide bonds. The summed E-state index contributed by atoms with van der Waals surface area (Å²) in [7, 11) is 1.40. The Morgan fingerprint density at radius 1 is 1.12 bits per heavy atom. The molecule has 1 heterocycles. The van der Waals surface area contributed by atoms with E-state index in [4.69, 9.17) is 14.2 Å². The molecule has 0 N–H and O–H groups in total. The maximum atomic E-state index is 12.3. The van der Waals surface area contributed by atoms with Crippen LogP contribution in [0.25, 0.3) is 0 Å². The summed E-state index contributed by atoms with van der Waals surface area (Å²) in [6.45, 7) is 6.56. The van der Waals surface area contributed by atoms with Crippen molar-refractivity contribution in [1.29, 1.82) is 10.5 Å². The molecular formula is C26H29N3O4. The second kappa shape index (κ2) is 10.3. The van der Waals surface area contributed by atoms with Crippen LogP contribution in [0.2, 0.25) is 0 Å². The lowest BCUT2D eigenvalue weighted by Crippen LogP contribution is -2.35. The Morgan fingerprint density at radius 2 is 1.79 bits per heavy atom. The predicted molar refractivity (Wildman–Crippen MR) is 124 cm³/mol. The van der Waals surface area contributed by atoms with Gasteiger partial charge < -0.3 is 19.1 Å². The lowest BCUT2D eigenvalue weighted by Gasteiger charge is -2.35. The molecular weight excluding hydrogens is 418 g/mol. The molecule has 0 spiro atoms. The summed E-state index contributed by atoms with van der Waals surface area (Å²) in [6.07, 6.45) is 1.92. The minimum absolute atomic E-state index is 0.0327. The highest BCUT2D eigenvalue weighted by atomic mass is 16.7. The van der Waals surface area contributed by atoms with Crippen LogP contribution in [-0.4, -0.2) is 32.0 Å². The van der Waals surface area contributed by atoms with E-state index in [1.807, 2.05) is 23.1 Å². The van der Waals surface area contributed by atoms with E-state index in [2.05, 4.69) is 24.3 Å². The normalized spacial score (nSPS) is 14.2. The Morgan fingerprint density at radius 3 is 2.33 bits per heavy atom. The Balaban J connectivity index is 1.87. The fourth-order valence-corrected chi connectivity index (χ4v) is 4.06. The molecule has 2 aromatic rings. The summed E-state index contributed by atoms with van der Waals surface area (Å²) in [5.41, 5.74) is 1.42. The van der Waals surface area contributed by atoms with E-state index in [9.17, 15) is 15.3 Å². The number of hydrogen-bond donors (Lipinski definition) is 0. The van der Waals surface area contributed by atoms with Crippen LogP contribution in [0.15, 0.2) is 36.4 Å². The Bertz CT molecular complexity index is 1070. The number of anilines is 1. The third kappa shape index (κ3) is 5.96. The highest BCUT2D eigenvalue weighted by Gasteiger charge is 2.30. The van der Waals surface area contributed by atoms with Crippen LogP contribution < -0.4 is 14.4 Å². The van der Waals surface area contributed by atoms with Gasteiger partial charge in [-0.2, -0.15) is 10.5 Å². The van der Waals surface area contributed by atoms with Gasteiger partial charge in [0, 0.05) is 19.2 Å². The van der Waals surface area contributed by atoms with E-state index in [1.54, 1.807) is 20.8 Å². The zero-order valence-electron chi connectivity index (χ0n) is 19.6. The Hall–Kier alpha value is -3.71. The molecule has 0 atom stereocenters. The van der Waals surface area contributed by atoms with Crippen molar-refractivity contribution < 1.29 is 19.0 Å². The molecule has 0 bridgehead atoms. The lowest BCUT2D eigenvalue weighted by atomic mass is 9.89. The van der Waals surface area contributed by atoms with Crippen molar-refractivity contribution >= 4 is 11.8 Å². The first-order valence-electron chi connectivity index (χ1n) is 11.0. The van der Waals surface area contributed by atoms with Gasteiger partial charge in [-0.15, -0.1) is 0 Å². The van der Waals surface area contributed by atoms with Crippen LogP contribution in [0.3, 0.4) is 0 Å². The van der Waals surface area contributed by atoms with Gasteiger partial charge in [-0.3, -0.25) is 0 Å². The molecule has 0 aromatic heterocycles. The van der Waals surface area contributed by atoms with Gasteiger partial charge in [0.1, 0.15) is 23.3 Å². The second-order valence-electron chi connectivity index (χ2n) is 9.09. The summed E-state index contributed by atoms with van der Waals surface area (Å²) in [4.78, 5) is 14.4. The van der Waals surface area contributed by atoms with Crippen LogP contribution in [-0.2, 0) is 11.2 Å². The Kier molecular flexibility index (Phi) is 7.45. The maximum absolute atomic E-state index is 12.3. The summed E-state index contributed by atoms with van der Waals surface area (Å²) >= 11 is 0. The zero-order valence-corrected chi connectivity index (χ0v) is 19.6. The van der Waals surface area contributed by atoms with Gasteiger partial charge in [-0.1, -0.05) is 30.3 Å². The third-order valence-electron chi connectivity index (χ3n) is 5.54. The lowest BCUT2D eigenvalue weighted by molar-refractivity contribution is 0.0200. The predicted octanol–water partition coefficient (Wildman–Crippen LogP) is 5.21. The number of nitrogens with zero attached hydrogens (tertiary/aromatic N) is 3. The van der Waals surface area contributed by atoms with Crippen molar-refractivity contribution in [3.05, 3.63) is 53.1 Å². The molecule has 7 nitrogen and oxygen atoms in total. The Labute approximate surface area is 195 Å². The fraction of sp³-hybridized carbons (Fsp3) is 0.423. The molecule has 33 heavy (non-hydrogen) atoms. The number of carbonyl (C=O) groups is 1. The monoisotopic (exact) mass is 447 g/mol. The van der Waals surface area contributed by atoms with E-state index in [0.717, 1.165) is 19.3 Å². The van der Waals surface area contributed by atoms with Crippen molar-refractivity contribution in [2.24, 2.45) is 5.92 Å². The van der Waals surface area contributed by atoms with Gasteiger partial charge in [0.25, 0.3) is 0 Å². The highest BCUT2D eigenvalue weighted by molar-refractivity contribution is 5.79. The second-order valence-corrected chi connectivity index (χ2v) is 9.09. The number of hydrogen-bond acceptors (Lipinski definition) is 7. The average molecular weight is 448 g/mol. The van der Waals surface area contributed by atoms with Gasteiger partial charge in [-0.05, 0) is 51.5 Å². The summed E-state index contributed by atoms with van der Waals surface area (Å²) in [6, 6.07) is 16.2. The number of ether oxygens (including phenoxy) is 3. The van der Waals surface area contributed by atoms with Crippen molar-refractivity contribution in [3.63, 3.8) is 0 Å². The van der Waals surface area contributed by atoms with Gasteiger partial charge in [-0.25, -0.2) is 4.79 Å². The zero-order chi connectivity index (χ0) is 24.0. The molecule has 0 unspecified atom stereocenters.